The normalized spacial score (nSPS) is 11.3. The molecule has 0 fully saturated rings. The first-order chi connectivity index (χ1) is 10.8. The lowest BCUT2D eigenvalue weighted by Crippen LogP contribution is -2.10. The van der Waals surface area contributed by atoms with Crippen LogP contribution in [0.3, 0.4) is 0 Å². The van der Waals surface area contributed by atoms with Crippen molar-refractivity contribution in [3.63, 3.8) is 0 Å². The predicted octanol–water partition coefficient (Wildman–Crippen LogP) is 2.40. The van der Waals surface area contributed by atoms with Crippen LogP contribution in [0.1, 0.15) is 18.3 Å². The highest BCUT2D eigenvalue weighted by atomic mass is 16.6. The number of hydrogen-bond donors (Lipinski definition) is 1. The quantitative estimate of drug-likeness (QED) is 0.515. The van der Waals surface area contributed by atoms with Crippen LogP contribution in [0.25, 0.3) is 11.8 Å². The Morgan fingerprint density at radius 1 is 1.48 bits per heavy atom. The third-order valence-electron chi connectivity index (χ3n) is 3.22. The number of nitrogens with zero attached hydrogens (tertiary/aromatic N) is 3. The Kier molecular flexibility index (Phi) is 4.44. The number of rotatable bonds is 5. The lowest BCUT2D eigenvalue weighted by Gasteiger charge is -2.06. The van der Waals surface area contributed by atoms with Gasteiger partial charge in [0.25, 0.3) is 0 Å². The van der Waals surface area contributed by atoms with Crippen molar-refractivity contribution in [2.45, 2.75) is 13.8 Å². The maximum Gasteiger partial charge on any atom is 0.348 e. The minimum absolute atomic E-state index is 0.0428. The molecule has 1 N–H and O–H groups in total. The molecular weight excluding hydrogens is 302 g/mol. The highest BCUT2D eigenvalue weighted by Crippen LogP contribution is 2.29. The highest BCUT2D eigenvalue weighted by molar-refractivity contribution is 6.19. The van der Waals surface area contributed by atoms with E-state index in [0.717, 1.165) is 6.20 Å². The Balaban J connectivity index is 2.62. The number of phenols is 1. The molecule has 1 aromatic carbocycles. The fourth-order valence-electron chi connectivity index (χ4n) is 2.12. The van der Waals surface area contributed by atoms with Gasteiger partial charge >= 0.3 is 5.82 Å². The summed E-state index contributed by atoms with van der Waals surface area (Å²) in [5.74, 6) is -0.142. The number of benzene rings is 1. The van der Waals surface area contributed by atoms with Crippen molar-refractivity contribution in [2.75, 3.05) is 7.11 Å². The lowest BCUT2D eigenvalue weighted by atomic mass is 10.1. The molecule has 0 amide bonds. The molecule has 1 heterocycles. The average Bonchev–Trinajstić information content (AvgIpc) is 2.87. The molecule has 0 aliphatic carbocycles. The maximum absolute atomic E-state index is 12.0. The van der Waals surface area contributed by atoms with E-state index in [4.69, 9.17) is 4.74 Å². The van der Waals surface area contributed by atoms with E-state index in [9.17, 15) is 20.0 Å². The minimum Gasteiger partial charge on any atom is -0.504 e. The summed E-state index contributed by atoms with van der Waals surface area (Å²) >= 11 is 0. The molecule has 8 nitrogen and oxygen atoms in total. The van der Waals surface area contributed by atoms with Crippen LogP contribution in [-0.4, -0.2) is 32.5 Å². The molecule has 0 saturated heterocycles. The van der Waals surface area contributed by atoms with Crippen LogP contribution in [0, 0.1) is 17.0 Å². The number of carbonyl (C=O) groups excluding carboxylic acids is 1. The van der Waals surface area contributed by atoms with Crippen molar-refractivity contribution in [2.24, 2.45) is 0 Å². The van der Waals surface area contributed by atoms with Crippen molar-refractivity contribution in [1.29, 1.82) is 0 Å². The van der Waals surface area contributed by atoms with Crippen LogP contribution in [0.5, 0.6) is 11.5 Å². The molecule has 8 heteroatoms. The zero-order chi connectivity index (χ0) is 17.1. The van der Waals surface area contributed by atoms with E-state index in [1.54, 1.807) is 13.0 Å². The van der Waals surface area contributed by atoms with E-state index in [1.807, 2.05) is 0 Å². The Morgan fingerprint density at radius 2 is 2.17 bits per heavy atom. The largest absolute Gasteiger partial charge is 0.504 e. The van der Waals surface area contributed by atoms with E-state index in [1.165, 1.54) is 36.8 Å². The number of nitro groups is 1. The molecule has 0 radical (unpaired) electrons. The number of methoxy groups -OCH3 is 1. The van der Waals surface area contributed by atoms with Crippen molar-refractivity contribution in [1.82, 2.24) is 9.55 Å². The first-order valence-corrected chi connectivity index (χ1v) is 6.64. The number of Topliss-reactive ketones (excluding diaryl/α,β-unsaturated/α-hetero) is 1. The molecule has 23 heavy (non-hydrogen) atoms. The van der Waals surface area contributed by atoms with Gasteiger partial charge in [-0.15, -0.1) is 0 Å². The third kappa shape index (κ3) is 3.20. The first kappa shape index (κ1) is 16.2. The minimum atomic E-state index is -0.603. The number of aryl methyl sites for hydroxylation is 1. The standard InChI is InChI=1S/C15H15N3O5/c1-9(19)12(17-10(2)16-8-15(17)18(21)22)6-11-4-5-13(20)14(7-11)23-3/h4-8,20H,1-3H3/b12-6+. The van der Waals surface area contributed by atoms with Gasteiger partial charge in [0.2, 0.25) is 0 Å². The van der Waals surface area contributed by atoms with E-state index >= 15 is 0 Å². The van der Waals surface area contributed by atoms with Gasteiger partial charge in [0, 0.05) is 13.8 Å². The zero-order valence-corrected chi connectivity index (χ0v) is 12.8. The van der Waals surface area contributed by atoms with E-state index < -0.39 is 4.92 Å². The number of imidazole rings is 1. The second kappa shape index (κ2) is 6.30. The average molecular weight is 317 g/mol. The van der Waals surface area contributed by atoms with E-state index in [-0.39, 0.29) is 28.8 Å². The molecule has 1 aromatic heterocycles. The zero-order valence-electron chi connectivity index (χ0n) is 12.8. The molecule has 0 aliphatic rings. The second-order valence-corrected chi connectivity index (χ2v) is 4.77. The third-order valence-corrected chi connectivity index (χ3v) is 3.22. The fraction of sp³-hybridized carbons (Fsp3) is 0.200. The number of phenolic OH excluding ortho intramolecular Hbond substituents is 1. The predicted molar refractivity (Wildman–Crippen MR) is 83.1 cm³/mol. The molecule has 0 bridgehead atoms. The SMILES string of the molecule is COc1cc(/C=C(\C(C)=O)n2c([N+](=O)[O-])cnc2C)ccc1O. The molecule has 2 rings (SSSR count). The lowest BCUT2D eigenvalue weighted by molar-refractivity contribution is -0.390. The smallest absolute Gasteiger partial charge is 0.348 e. The van der Waals surface area contributed by atoms with Gasteiger partial charge in [-0.2, -0.15) is 4.57 Å². The van der Waals surface area contributed by atoms with Crippen molar-refractivity contribution >= 4 is 23.4 Å². The van der Waals surface area contributed by atoms with Gasteiger partial charge in [0.1, 0.15) is 6.20 Å². The molecule has 0 unspecified atom stereocenters. The van der Waals surface area contributed by atoms with Gasteiger partial charge in [0.15, 0.2) is 28.8 Å². The van der Waals surface area contributed by atoms with Crippen LogP contribution in [0.4, 0.5) is 5.82 Å². The summed E-state index contributed by atoms with van der Waals surface area (Å²) in [4.78, 5) is 26.4. The van der Waals surface area contributed by atoms with Crippen molar-refractivity contribution in [3.05, 3.63) is 45.9 Å². The number of ether oxygens (including phenoxy) is 1. The van der Waals surface area contributed by atoms with Gasteiger partial charge < -0.3 is 20.0 Å². The number of hydrogen-bond acceptors (Lipinski definition) is 6. The monoisotopic (exact) mass is 317 g/mol. The van der Waals surface area contributed by atoms with Crippen molar-refractivity contribution in [3.8, 4) is 11.5 Å². The molecule has 0 saturated carbocycles. The molecule has 0 spiro atoms. The summed E-state index contributed by atoms with van der Waals surface area (Å²) in [6, 6.07) is 4.51. The Hall–Kier alpha value is -3.16. The van der Waals surface area contributed by atoms with Crippen molar-refractivity contribution < 1.29 is 19.6 Å². The van der Waals surface area contributed by atoms with Crippen LogP contribution in [-0.2, 0) is 4.79 Å². The Labute approximate surface area is 131 Å². The second-order valence-electron chi connectivity index (χ2n) is 4.77. The number of carbonyl (C=O) groups is 1. The fourth-order valence-corrected chi connectivity index (χ4v) is 2.12. The first-order valence-electron chi connectivity index (χ1n) is 6.64. The topological polar surface area (TPSA) is 107 Å². The molecule has 0 atom stereocenters. The van der Waals surface area contributed by atoms with Crippen LogP contribution >= 0.6 is 0 Å². The van der Waals surface area contributed by atoms with Gasteiger partial charge in [-0.05, 0) is 28.7 Å². The maximum atomic E-state index is 12.0. The molecule has 0 aliphatic heterocycles. The number of aromatic hydroxyl groups is 1. The number of allylic oxidation sites excluding steroid dienone is 1. The summed E-state index contributed by atoms with van der Waals surface area (Å²) in [6.45, 7) is 2.88. The molecule has 2 aromatic rings. The van der Waals surface area contributed by atoms with E-state index in [2.05, 4.69) is 4.98 Å². The number of ketones is 1. The van der Waals surface area contributed by atoms with Crippen LogP contribution < -0.4 is 4.74 Å². The summed E-state index contributed by atoms with van der Waals surface area (Å²) in [7, 11) is 1.40. The summed E-state index contributed by atoms with van der Waals surface area (Å²) in [5, 5.41) is 20.7. The Morgan fingerprint density at radius 3 is 2.74 bits per heavy atom. The van der Waals surface area contributed by atoms with Gasteiger partial charge in [-0.25, -0.2) is 4.98 Å². The molecular formula is C15H15N3O5. The molecule has 120 valence electrons. The summed E-state index contributed by atoms with van der Waals surface area (Å²) in [6.07, 6.45) is 2.58. The van der Waals surface area contributed by atoms with E-state index in [0.29, 0.717) is 11.4 Å². The van der Waals surface area contributed by atoms with Gasteiger partial charge in [-0.1, -0.05) is 6.07 Å². The van der Waals surface area contributed by atoms with Crippen LogP contribution in [0.2, 0.25) is 0 Å². The summed E-state index contributed by atoms with van der Waals surface area (Å²) < 4.78 is 6.19. The Bertz CT molecular complexity index is 807. The van der Waals surface area contributed by atoms with Gasteiger partial charge in [0.05, 0.1) is 7.11 Å². The summed E-state index contributed by atoms with van der Waals surface area (Å²) in [5.41, 5.74) is 0.645. The van der Waals surface area contributed by atoms with Gasteiger partial charge in [-0.3, -0.25) is 4.79 Å². The van der Waals surface area contributed by atoms with Crippen LogP contribution in [0.15, 0.2) is 24.4 Å². The highest BCUT2D eigenvalue weighted by Gasteiger charge is 2.24. The number of aromatic nitrogens is 2.